The number of piperidine rings is 1. The Bertz CT molecular complexity index is 252. The molecule has 0 radical (unpaired) electrons. The Hall–Kier alpha value is -0.620. The first-order valence-corrected chi connectivity index (χ1v) is 7.40. The number of rotatable bonds is 5. The standard InChI is InChI=1S/C10H21N3O2S/c1-16(15)8-2-5-12-9-3-6-13(7-4-9)10(11)14/h9,12H,2-8H2,1H3,(H2,11,14). The number of primary amides is 1. The Kier molecular flexibility index (Phi) is 5.76. The Morgan fingerprint density at radius 3 is 2.62 bits per heavy atom. The third kappa shape index (κ3) is 4.94. The number of hydrogen-bond donors (Lipinski definition) is 2. The number of nitrogens with one attached hydrogen (secondary N) is 1. The highest BCUT2D eigenvalue weighted by Crippen LogP contribution is 2.09. The zero-order chi connectivity index (χ0) is 12.0. The molecular weight excluding hydrogens is 226 g/mol. The summed E-state index contributed by atoms with van der Waals surface area (Å²) in [6.45, 7) is 2.39. The van der Waals surface area contributed by atoms with Gasteiger partial charge in [0.25, 0.3) is 0 Å². The van der Waals surface area contributed by atoms with E-state index in [0.29, 0.717) is 6.04 Å². The molecule has 6 heteroatoms. The van der Waals surface area contributed by atoms with Crippen LogP contribution in [0.15, 0.2) is 0 Å². The number of carbonyl (C=O) groups excluding carboxylic acids is 1. The van der Waals surface area contributed by atoms with E-state index in [9.17, 15) is 9.00 Å². The van der Waals surface area contributed by atoms with Gasteiger partial charge in [-0.1, -0.05) is 0 Å². The van der Waals surface area contributed by atoms with Crippen molar-refractivity contribution in [3.05, 3.63) is 0 Å². The van der Waals surface area contributed by atoms with Crippen molar-refractivity contribution < 1.29 is 9.00 Å². The van der Waals surface area contributed by atoms with Gasteiger partial charge >= 0.3 is 6.03 Å². The van der Waals surface area contributed by atoms with Gasteiger partial charge in [-0.2, -0.15) is 0 Å². The van der Waals surface area contributed by atoms with Gasteiger partial charge in [0.2, 0.25) is 0 Å². The van der Waals surface area contributed by atoms with Crippen LogP contribution in [0.2, 0.25) is 0 Å². The van der Waals surface area contributed by atoms with Crippen LogP contribution < -0.4 is 11.1 Å². The molecular formula is C10H21N3O2S. The number of likely N-dealkylation sites (tertiary alicyclic amines) is 1. The van der Waals surface area contributed by atoms with E-state index >= 15 is 0 Å². The molecule has 0 aromatic rings. The van der Waals surface area contributed by atoms with Gasteiger partial charge in [0.05, 0.1) is 0 Å². The molecule has 1 saturated heterocycles. The number of carbonyl (C=O) groups is 1. The van der Waals surface area contributed by atoms with Crippen LogP contribution in [0.25, 0.3) is 0 Å². The van der Waals surface area contributed by atoms with Crippen molar-refractivity contribution in [2.75, 3.05) is 31.6 Å². The Morgan fingerprint density at radius 2 is 2.12 bits per heavy atom. The summed E-state index contributed by atoms with van der Waals surface area (Å²) in [5, 5.41) is 3.42. The molecule has 1 aliphatic rings. The lowest BCUT2D eigenvalue weighted by atomic mass is 10.1. The van der Waals surface area contributed by atoms with Crippen molar-refractivity contribution in [1.29, 1.82) is 0 Å². The summed E-state index contributed by atoms with van der Waals surface area (Å²) in [4.78, 5) is 12.6. The van der Waals surface area contributed by atoms with E-state index < -0.39 is 10.8 Å². The van der Waals surface area contributed by atoms with E-state index in [1.807, 2.05) is 0 Å². The molecule has 2 amide bonds. The molecule has 16 heavy (non-hydrogen) atoms. The molecule has 5 nitrogen and oxygen atoms in total. The largest absolute Gasteiger partial charge is 0.351 e. The van der Waals surface area contributed by atoms with Gasteiger partial charge in [-0.25, -0.2) is 4.79 Å². The number of nitrogens with zero attached hydrogens (tertiary/aromatic N) is 1. The topological polar surface area (TPSA) is 75.4 Å². The summed E-state index contributed by atoms with van der Waals surface area (Å²) >= 11 is 0. The molecule has 0 aliphatic carbocycles. The van der Waals surface area contributed by atoms with Crippen LogP contribution in [0.3, 0.4) is 0 Å². The van der Waals surface area contributed by atoms with Gasteiger partial charge in [-0.3, -0.25) is 4.21 Å². The first kappa shape index (κ1) is 13.4. The van der Waals surface area contributed by atoms with Crippen molar-refractivity contribution in [1.82, 2.24) is 10.2 Å². The van der Waals surface area contributed by atoms with Gasteiger partial charge in [0.1, 0.15) is 0 Å². The highest BCUT2D eigenvalue weighted by molar-refractivity contribution is 7.84. The van der Waals surface area contributed by atoms with Crippen molar-refractivity contribution in [3.63, 3.8) is 0 Å². The second-order valence-corrected chi connectivity index (χ2v) is 5.74. The zero-order valence-corrected chi connectivity index (χ0v) is 10.6. The van der Waals surface area contributed by atoms with Crippen molar-refractivity contribution in [3.8, 4) is 0 Å². The normalized spacial score (nSPS) is 19.7. The molecule has 0 spiro atoms. The van der Waals surface area contributed by atoms with Gasteiger partial charge in [-0.15, -0.1) is 0 Å². The number of urea groups is 1. The van der Waals surface area contributed by atoms with Gasteiger partial charge in [0.15, 0.2) is 0 Å². The van der Waals surface area contributed by atoms with Crippen molar-refractivity contribution in [2.24, 2.45) is 5.73 Å². The fourth-order valence-corrected chi connectivity index (χ4v) is 2.44. The fourth-order valence-electron chi connectivity index (χ4n) is 1.89. The third-order valence-corrected chi connectivity index (χ3v) is 3.71. The van der Waals surface area contributed by atoms with Crippen LogP contribution >= 0.6 is 0 Å². The zero-order valence-electron chi connectivity index (χ0n) is 9.78. The van der Waals surface area contributed by atoms with E-state index in [1.165, 1.54) is 0 Å². The molecule has 1 rings (SSSR count). The first-order chi connectivity index (χ1) is 7.59. The summed E-state index contributed by atoms with van der Waals surface area (Å²) in [6, 6.07) is 0.153. The summed E-state index contributed by atoms with van der Waals surface area (Å²) in [5.41, 5.74) is 5.20. The summed E-state index contributed by atoms with van der Waals surface area (Å²) in [6.07, 6.45) is 4.58. The predicted molar refractivity (Wildman–Crippen MR) is 65.7 cm³/mol. The Morgan fingerprint density at radius 1 is 1.50 bits per heavy atom. The maximum absolute atomic E-state index is 10.9. The lowest BCUT2D eigenvalue weighted by Crippen LogP contribution is -2.47. The van der Waals surface area contributed by atoms with Gasteiger partial charge in [-0.05, 0) is 25.8 Å². The highest BCUT2D eigenvalue weighted by atomic mass is 32.2. The van der Waals surface area contributed by atoms with Crippen molar-refractivity contribution >= 4 is 16.8 Å². The highest BCUT2D eigenvalue weighted by Gasteiger charge is 2.20. The number of nitrogens with two attached hydrogens (primary N) is 1. The van der Waals surface area contributed by atoms with Crippen LogP contribution in [-0.4, -0.2) is 52.8 Å². The molecule has 0 aromatic carbocycles. The second-order valence-electron chi connectivity index (χ2n) is 4.18. The smallest absolute Gasteiger partial charge is 0.314 e. The van der Waals surface area contributed by atoms with E-state index in [4.69, 9.17) is 5.73 Å². The minimum Gasteiger partial charge on any atom is -0.351 e. The van der Waals surface area contributed by atoms with Crippen LogP contribution in [0.5, 0.6) is 0 Å². The molecule has 0 saturated carbocycles. The SMILES string of the molecule is CS(=O)CCCNC1CCN(C(N)=O)CC1. The quantitative estimate of drug-likeness (QED) is 0.666. The molecule has 1 atom stereocenters. The lowest BCUT2D eigenvalue weighted by Gasteiger charge is -2.31. The average molecular weight is 247 g/mol. The maximum Gasteiger partial charge on any atom is 0.314 e. The van der Waals surface area contributed by atoms with E-state index in [-0.39, 0.29) is 6.03 Å². The molecule has 3 N–H and O–H groups in total. The summed E-state index contributed by atoms with van der Waals surface area (Å²) in [5.74, 6) is 0.757. The molecule has 1 aliphatic heterocycles. The Labute approximate surface area is 99.2 Å². The number of amides is 2. The van der Waals surface area contributed by atoms with Crippen LogP contribution in [0.1, 0.15) is 19.3 Å². The van der Waals surface area contributed by atoms with Gasteiger partial charge < -0.3 is 16.0 Å². The molecule has 0 aromatic heterocycles. The third-order valence-electron chi connectivity index (χ3n) is 2.85. The van der Waals surface area contributed by atoms with Crippen molar-refractivity contribution in [2.45, 2.75) is 25.3 Å². The minimum atomic E-state index is -0.693. The summed E-state index contributed by atoms with van der Waals surface area (Å²) in [7, 11) is -0.693. The van der Waals surface area contributed by atoms with Gasteiger partial charge in [0, 0.05) is 41.9 Å². The van der Waals surface area contributed by atoms with E-state index in [0.717, 1.165) is 44.6 Å². The second kappa shape index (κ2) is 6.85. The summed E-state index contributed by atoms with van der Waals surface area (Å²) < 4.78 is 10.8. The molecule has 1 unspecified atom stereocenters. The van der Waals surface area contributed by atoms with Crippen LogP contribution in [0.4, 0.5) is 4.79 Å². The molecule has 1 heterocycles. The minimum absolute atomic E-state index is 0.320. The average Bonchev–Trinajstić information content (AvgIpc) is 2.25. The monoisotopic (exact) mass is 247 g/mol. The fraction of sp³-hybridized carbons (Fsp3) is 0.900. The van der Waals surface area contributed by atoms with E-state index in [1.54, 1.807) is 11.2 Å². The van der Waals surface area contributed by atoms with Crippen LogP contribution in [0, 0.1) is 0 Å². The molecule has 94 valence electrons. The van der Waals surface area contributed by atoms with Crippen LogP contribution in [-0.2, 0) is 10.8 Å². The lowest BCUT2D eigenvalue weighted by molar-refractivity contribution is 0.185. The van der Waals surface area contributed by atoms with E-state index in [2.05, 4.69) is 5.32 Å². The maximum atomic E-state index is 10.9. The first-order valence-electron chi connectivity index (χ1n) is 5.67. The number of hydrogen-bond acceptors (Lipinski definition) is 3. The Balaban J connectivity index is 2.08. The molecule has 1 fully saturated rings. The molecule has 0 bridgehead atoms. The predicted octanol–water partition coefficient (Wildman–Crippen LogP) is -0.112.